The third-order valence-electron chi connectivity index (χ3n) is 5.79. The lowest BCUT2D eigenvalue weighted by Gasteiger charge is -2.36. The number of anilines is 1. The van der Waals surface area contributed by atoms with Crippen molar-refractivity contribution < 1.29 is 31.9 Å². The highest BCUT2D eigenvalue weighted by molar-refractivity contribution is 5.86. The summed E-state index contributed by atoms with van der Waals surface area (Å²) < 4.78 is 57.8. The molecule has 3 heterocycles. The van der Waals surface area contributed by atoms with E-state index in [1.807, 2.05) is 6.07 Å². The first-order chi connectivity index (χ1) is 15.6. The van der Waals surface area contributed by atoms with Crippen LogP contribution in [0.15, 0.2) is 35.1 Å². The summed E-state index contributed by atoms with van der Waals surface area (Å²) in [4.78, 5) is 21.9. The Hall–Kier alpha value is -3.68. The van der Waals surface area contributed by atoms with Gasteiger partial charge in [-0.3, -0.25) is 9.78 Å². The van der Waals surface area contributed by atoms with Gasteiger partial charge in [0.2, 0.25) is 0 Å². The molecule has 0 saturated carbocycles. The molecule has 0 atom stereocenters. The smallest absolute Gasteiger partial charge is 0.389 e. The van der Waals surface area contributed by atoms with Gasteiger partial charge in [0.15, 0.2) is 22.6 Å². The number of fused-ring (bicyclic) bond motifs is 1. The molecule has 1 aliphatic rings. The van der Waals surface area contributed by atoms with Gasteiger partial charge in [0.25, 0.3) is 0 Å². The Morgan fingerprint density at radius 3 is 2.67 bits per heavy atom. The second kappa shape index (κ2) is 8.35. The standard InChI is InChI=1S/C22H18F4N4O3/c23-16-10-14(9-13-2-8-33-18(13)16)17-19(29-15(11-28-17)1-3-22(24,25)26)30-6-4-21(12-27,5-7-30)20(31)32/h2,8-11H,1,3-7H2,(H,31,32). The van der Waals surface area contributed by atoms with Gasteiger partial charge in [0, 0.05) is 36.7 Å². The SMILES string of the molecule is N#CC1(C(=O)O)CCN(c2nc(CCC(F)(F)F)cnc2-c2cc(F)c3occc3c2)CC1. The van der Waals surface area contributed by atoms with E-state index < -0.39 is 29.8 Å². The fourth-order valence-corrected chi connectivity index (χ4v) is 3.88. The van der Waals surface area contributed by atoms with Crippen LogP contribution in [0.1, 0.15) is 25.0 Å². The zero-order valence-electron chi connectivity index (χ0n) is 17.2. The maximum atomic E-state index is 14.5. The third kappa shape index (κ3) is 4.46. The molecule has 0 unspecified atom stereocenters. The molecule has 1 saturated heterocycles. The fourth-order valence-electron chi connectivity index (χ4n) is 3.88. The molecule has 1 fully saturated rings. The van der Waals surface area contributed by atoms with E-state index in [0.29, 0.717) is 10.9 Å². The number of aliphatic carboxylic acids is 1. The average Bonchev–Trinajstić information content (AvgIpc) is 3.26. The average molecular weight is 462 g/mol. The van der Waals surface area contributed by atoms with Gasteiger partial charge in [-0.15, -0.1) is 0 Å². The summed E-state index contributed by atoms with van der Waals surface area (Å²) >= 11 is 0. The van der Waals surface area contributed by atoms with Crippen LogP contribution in [0.3, 0.4) is 0 Å². The van der Waals surface area contributed by atoms with Crippen molar-refractivity contribution in [3.8, 4) is 17.3 Å². The normalized spacial score (nSPS) is 16.0. The van der Waals surface area contributed by atoms with Crippen LogP contribution in [0.2, 0.25) is 0 Å². The zero-order valence-corrected chi connectivity index (χ0v) is 17.2. The predicted molar refractivity (Wildman–Crippen MR) is 109 cm³/mol. The summed E-state index contributed by atoms with van der Waals surface area (Å²) in [6, 6.07) is 6.27. The van der Waals surface area contributed by atoms with Gasteiger partial charge in [-0.1, -0.05) is 0 Å². The molecule has 0 bridgehead atoms. The first-order valence-corrected chi connectivity index (χ1v) is 10.1. The maximum Gasteiger partial charge on any atom is 0.389 e. The number of aromatic nitrogens is 2. The Balaban J connectivity index is 1.73. The summed E-state index contributed by atoms with van der Waals surface area (Å²) in [6.07, 6.45) is -3.26. The largest absolute Gasteiger partial charge is 0.480 e. The van der Waals surface area contributed by atoms with E-state index in [9.17, 15) is 32.7 Å². The number of nitrogens with zero attached hydrogens (tertiary/aromatic N) is 4. The van der Waals surface area contributed by atoms with Gasteiger partial charge < -0.3 is 14.4 Å². The number of alkyl halides is 3. The number of piperidine rings is 1. The number of carboxylic acids is 1. The van der Waals surface area contributed by atoms with Crippen molar-refractivity contribution in [1.82, 2.24) is 9.97 Å². The Labute approximate surface area is 185 Å². The van der Waals surface area contributed by atoms with Crippen molar-refractivity contribution >= 4 is 22.8 Å². The summed E-state index contributed by atoms with van der Waals surface area (Å²) in [5.74, 6) is -1.63. The van der Waals surface area contributed by atoms with Crippen molar-refractivity contribution in [3.63, 3.8) is 0 Å². The molecule has 4 rings (SSSR count). The van der Waals surface area contributed by atoms with Crippen LogP contribution in [-0.2, 0) is 11.2 Å². The number of carbonyl (C=O) groups is 1. The van der Waals surface area contributed by atoms with Crippen molar-refractivity contribution in [2.24, 2.45) is 5.41 Å². The van der Waals surface area contributed by atoms with Crippen molar-refractivity contribution in [1.29, 1.82) is 5.26 Å². The molecule has 0 amide bonds. The molecule has 3 aromatic rings. The van der Waals surface area contributed by atoms with Crippen molar-refractivity contribution in [2.75, 3.05) is 18.0 Å². The third-order valence-corrected chi connectivity index (χ3v) is 5.79. The number of rotatable bonds is 5. The number of furan rings is 1. The molecule has 172 valence electrons. The summed E-state index contributed by atoms with van der Waals surface area (Å²) in [6.45, 7) is 0.251. The molecule has 1 N–H and O–H groups in total. The maximum absolute atomic E-state index is 14.5. The summed E-state index contributed by atoms with van der Waals surface area (Å²) in [5.41, 5.74) is -0.784. The number of carboxylic acid groups (broad SMARTS) is 1. The molecule has 33 heavy (non-hydrogen) atoms. The highest BCUT2D eigenvalue weighted by atomic mass is 19.4. The van der Waals surface area contributed by atoms with E-state index in [1.54, 1.807) is 17.0 Å². The first kappa shape index (κ1) is 22.5. The highest BCUT2D eigenvalue weighted by Gasteiger charge is 2.42. The minimum Gasteiger partial charge on any atom is -0.480 e. The number of nitriles is 1. The van der Waals surface area contributed by atoms with Gasteiger partial charge >= 0.3 is 12.1 Å². The van der Waals surface area contributed by atoms with Gasteiger partial charge in [-0.25, -0.2) is 9.37 Å². The van der Waals surface area contributed by atoms with Gasteiger partial charge in [0.05, 0.1) is 18.0 Å². The van der Waals surface area contributed by atoms with E-state index in [4.69, 9.17) is 4.42 Å². The molecular formula is C22H18F4N4O3. The first-order valence-electron chi connectivity index (χ1n) is 10.1. The highest BCUT2D eigenvalue weighted by Crippen LogP contribution is 2.37. The quantitative estimate of drug-likeness (QED) is 0.548. The van der Waals surface area contributed by atoms with E-state index >= 15 is 0 Å². The van der Waals surface area contributed by atoms with Crippen LogP contribution in [-0.4, -0.2) is 40.3 Å². The van der Waals surface area contributed by atoms with Crippen LogP contribution in [0.4, 0.5) is 23.4 Å². The van der Waals surface area contributed by atoms with Gasteiger partial charge in [-0.2, -0.15) is 18.4 Å². The molecule has 1 aromatic carbocycles. The van der Waals surface area contributed by atoms with E-state index in [-0.39, 0.29) is 55.1 Å². The van der Waals surface area contributed by atoms with Crippen LogP contribution in [0, 0.1) is 22.6 Å². The number of hydrogen-bond acceptors (Lipinski definition) is 6. The summed E-state index contributed by atoms with van der Waals surface area (Å²) in [7, 11) is 0. The topological polar surface area (TPSA) is 103 Å². The van der Waals surface area contributed by atoms with Crippen LogP contribution >= 0.6 is 0 Å². The van der Waals surface area contributed by atoms with E-state index in [2.05, 4.69) is 9.97 Å². The molecule has 1 aliphatic heterocycles. The van der Waals surface area contributed by atoms with Gasteiger partial charge in [-0.05, 0) is 37.5 Å². The molecule has 0 spiro atoms. The van der Waals surface area contributed by atoms with E-state index in [0.717, 1.165) is 0 Å². The molecule has 0 aliphatic carbocycles. The Bertz CT molecular complexity index is 1240. The minimum atomic E-state index is -4.37. The van der Waals surface area contributed by atoms with Crippen LogP contribution in [0.5, 0.6) is 0 Å². The Kier molecular flexibility index (Phi) is 5.69. The lowest BCUT2D eigenvalue weighted by Crippen LogP contribution is -2.44. The van der Waals surface area contributed by atoms with Crippen LogP contribution < -0.4 is 4.90 Å². The number of benzene rings is 1. The molecule has 0 radical (unpaired) electrons. The molecular weight excluding hydrogens is 444 g/mol. The number of hydrogen-bond donors (Lipinski definition) is 1. The Morgan fingerprint density at radius 2 is 2.03 bits per heavy atom. The van der Waals surface area contributed by atoms with E-state index in [1.165, 1.54) is 18.5 Å². The second-order valence-corrected chi connectivity index (χ2v) is 7.93. The Morgan fingerprint density at radius 1 is 1.30 bits per heavy atom. The monoisotopic (exact) mass is 462 g/mol. The van der Waals surface area contributed by atoms with Crippen molar-refractivity contribution in [3.05, 3.63) is 42.2 Å². The van der Waals surface area contributed by atoms with Crippen molar-refractivity contribution in [2.45, 2.75) is 31.9 Å². The molecule has 2 aromatic heterocycles. The lowest BCUT2D eigenvalue weighted by molar-refractivity contribution is -0.146. The molecule has 7 nitrogen and oxygen atoms in total. The molecule has 11 heteroatoms. The second-order valence-electron chi connectivity index (χ2n) is 7.93. The lowest BCUT2D eigenvalue weighted by atomic mass is 9.80. The van der Waals surface area contributed by atoms with Crippen LogP contribution in [0.25, 0.3) is 22.2 Å². The van der Waals surface area contributed by atoms with Gasteiger partial charge in [0.1, 0.15) is 5.69 Å². The number of halogens is 4. The predicted octanol–water partition coefficient (Wildman–Crippen LogP) is 4.72. The zero-order chi connectivity index (χ0) is 23.8. The number of aryl methyl sites for hydroxylation is 1. The fraction of sp³-hybridized carbons (Fsp3) is 0.364. The summed E-state index contributed by atoms with van der Waals surface area (Å²) in [5, 5.41) is 19.3. The minimum absolute atomic E-state index is 0.00184.